The van der Waals surface area contributed by atoms with Gasteiger partial charge in [0.05, 0.1) is 8.59 Å². The quantitative estimate of drug-likeness (QED) is 0.494. The monoisotopic (exact) mass is 400 g/mol. The molecule has 0 spiro atoms. The van der Waals surface area contributed by atoms with Crippen LogP contribution in [0, 0.1) is 3.57 Å². The van der Waals surface area contributed by atoms with E-state index >= 15 is 0 Å². The number of hydrogen-bond donors (Lipinski definition) is 0. The Labute approximate surface area is 105 Å². The van der Waals surface area contributed by atoms with E-state index < -0.39 is 6.36 Å². The summed E-state index contributed by atoms with van der Waals surface area (Å²) in [5.41, 5.74) is 0. The molecule has 78 valence electrons. The van der Waals surface area contributed by atoms with Gasteiger partial charge in [0, 0.05) is 4.47 Å². The average Bonchev–Trinajstić information content (AvgIpc) is 1.97. The van der Waals surface area contributed by atoms with Gasteiger partial charge in [-0.15, -0.1) is 13.2 Å². The molecule has 1 nitrogen and oxygen atoms in total. The molecule has 0 aromatic heterocycles. The summed E-state index contributed by atoms with van der Waals surface area (Å²) in [5.74, 6) is -0.269. The van der Waals surface area contributed by atoms with Crippen molar-refractivity contribution >= 4 is 50.1 Å². The van der Waals surface area contributed by atoms with Gasteiger partial charge in [0.1, 0.15) is 5.75 Å². The average molecular weight is 401 g/mol. The summed E-state index contributed by atoms with van der Waals surface area (Å²) in [4.78, 5) is 0. The molecule has 7 heteroatoms. The van der Waals surface area contributed by atoms with E-state index in [2.05, 4.69) is 20.7 Å². The first kappa shape index (κ1) is 12.4. The predicted molar refractivity (Wildman–Crippen MR) is 58.6 cm³/mol. The van der Waals surface area contributed by atoms with E-state index in [0.717, 1.165) is 0 Å². The number of benzene rings is 1. The van der Waals surface area contributed by atoms with Gasteiger partial charge in [-0.1, -0.05) is 11.6 Å². The normalized spacial score (nSPS) is 11.6. The first-order valence-corrected chi connectivity index (χ1v) is 5.45. The van der Waals surface area contributed by atoms with E-state index in [-0.39, 0.29) is 5.75 Å². The highest BCUT2D eigenvalue weighted by molar-refractivity contribution is 14.1. The molecule has 0 radical (unpaired) electrons. The minimum Gasteiger partial charge on any atom is -0.405 e. The third kappa shape index (κ3) is 3.47. The number of hydrogen-bond acceptors (Lipinski definition) is 1. The van der Waals surface area contributed by atoms with E-state index in [1.165, 1.54) is 12.1 Å². The van der Waals surface area contributed by atoms with Crippen molar-refractivity contribution in [1.29, 1.82) is 0 Å². The van der Waals surface area contributed by atoms with Crippen LogP contribution in [0.3, 0.4) is 0 Å². The fraction of sp³-hybridized carbons (Fsp3) is 0.143. The van der Waals surface area contributed by atoms with Crippen LogP contribution in [-0.2, 0) is 0 Å². The van der Waals surface area contributed by atoms with Gasteiger partial charge in [-0.25, -0.2) is 0 Å². The highest BCUT2D eigenvalue weighted by atomic mass is 127. The number of ether oxygens (including phenoxy) is 1. The van der Waals surface area contributed by atoms with E-state index in [0.29, 0.717) is 13.1 Å². The van der Waals surface area contributed by atoms with Crippen LogP contribution in [0.4, 0.5) is 13.2 Å². The third-order valence-corrected chi connectivity index (χ3v) is 3.24. The van der Waals surface area contributed by atoms with Gasteiger partial charge < -0.3 is 4.74 Å². The van der Waals surface area contributed by atoms with E-state index in [4.69, 9.17) is 11.6 Å². The summed E-state index contributed by atoms with van der Waals surface area (Å²) in [6.07, 6.45) is -4.69. The van der Waals surface area contributed by atoms with Gasteiger partial charge in [0.15, 0.2) is 0 Å². The minimum atomic E-state index is -4.69. The molecule has 0 bridgehead atoms. The van der Waals surface area contributed by atoms with E-state index in [1.54, 1.807) is 22.6 Å². The van der Waals surface area contributed by atoms with Crippen LogP contribution < -0.4 is 4.74 Å². The second-order valence-electron chi connectivity index (χ2n) is 2.24. The second-order valence-corrected chi connectivity index (χ2v) is 4.67. The molecule has 1 rings (SSSR count). The van der Waals surface area contributed by atoms with Crippen molar-refractivity contribution in [1.82, 2.24) is 0 Å². The van der Waals surface area contributed by atoms with E-state index in [1.807, 2.05) is 0 Å². The Morgan fingerprint density at radius 1 is 1.36 bits per heavy atom. The van der Waals surface area contributed by atoms with Crippen LogP contribution >= 0.6 is 50.1 Å². The van der Waals surface area contributed by atoms with Gasteiger partial charge in [-0.3, -0.25) is 0 Å². The van der Waals surface area contributed by atoms with Crippen molar-refractivity contribution in [3.63, 3.8) is 0 Å². The first-order chi connectivity index (χ1) is 6.29. The highest BCUT2D eigenvalue weighted by Gasteiger charge is 2.32. The largest absolute Gasteiger partial charge is 0.573 e. The Balaban J connectivity index is 3.04. The Bertz CT molecular complexity index is 356. The molecule has 0 unspecified atom stereocenters. The first-order valence-electron chi connectivity index (χ1n) is 3.20. The molecule has 0 aliphatic rings. The van der Waals surface area contributed by atoms with E-state index in [9.17, 15) is 13.2 Å². The zero-order chi connectivity index (χ0) is 10.9. The summed E-state index contributed by atoms with van der Waals surface area (Å²) >= 11 is 10.4. The summed E-state index contributed by atoms with van der Waals surface area (Å²) in [6.45, 7) is 0. The Morgan fingerprint density at radius 3 is 2.43 bits per heavy atom. The molecule has 0 atom stereocenters. The maximum absolute atomic E-state index is 11.9. The maximum atomic E-state index is 11.9. The molecule has 1 aromatic carbocycles. The summed E-state index contributed by atoms with van der Waals surface area (Å²) < 4.78 is 40.1. The molecule has 0 aliphatic heterocycles. The van der Waals surface area contributed by atoms with Crippen molar-refractivity contribution in [2.24, 2.45) is 0 Å². The fourth-order valence-corrected chi connectivity index (χ4v) is 1.95. The molecular weight excluding hydrogens is 399 g/mol. The number of alkyl halides is 3. The van der Waals surface area contributed by atoms with Crippen LogP contribution in [0.2, 0.25) is 5.02 Å². The van der Waals surface area contributed by atoms with Crippen LogP contribution in [0.1, 0.15) is 0 Å². The summed E-state index contributed by atoms with van der Waals surface area (Å²) in [7, 11) is 0. The van der Waals surface area contributed by atoms with Crippen LogP contribution in [-0.4, -0.2) is 6.36 Å². The predicted octanol–water partition coefficient (Wildman–Crippen LogP) is 4.61. The second kappa shape index (κ2) is 4.44. The Kier molecular flexibility index (Phi) is 3.93. The van der Waals surface area contributed by atoms with Gasteiger partial charge in [-0.2, -0.15) is 0 Å². The Morgan fingerprint density at radius 2 is 1.93 bits per heavy atom. The summed E-state index contributed by atoms with van der Waals surface area (Å²) in [6, 6.07) is 2.56. The number of halogens is 6. The zero-order valence-corrected chi connectivity index (χ0v) is 10.8. The lowest BCUT2D eigenvalue weighted by Gasteiger charge is -2.11. The van der Waals surface area contributed by atoms with Crippen LogP contribution in [0.25, 0.3) is 0 Å². The smallest absolute Gasteiger partial charge is 0.405 e. The van der Waals surface area contributed by atoms with Gasteiger partial charge in [-0.05, 0) is 50.7 Å². The van der Waals surface area contributed by atoms with Gasteiger partial charge >= 0.3 is 6.36 Å². The lowest BCUT2D eigenvalue weighted by atomic mass is 10.3. The number of rotatable bonds is 1. The van der Waals surface area contributed by atoms with Crippen molar-refractivity contribution in [3.8, 4) is 5.75 Å². The molecule has 1 aromatic rings. The Hall–Kier alpha value is 0.310. The SMILES string of the molecule is FC(F)(F)Oc1cc(Br)c(Cl)cc1I. The lowest BCUT2D eigenvalue weighted by molar-refractivity contribution is -0.275. The molecule has 0 saturated heterocycles. The van der Waals surface area contributed by atoms with Crippen molar-refractivity contribution < 1.29 is 17.9 Å². The maximum Gasteiger partial charge on any atom is 0.573 e. The van der Waals surface area contributed by atoms with Crippen LogP contribution in [0.5, 0.6) is 5.75 Å². The standard InChI is InChI=1S/C7H2BrClF3IO/c8-3-1-6(14-7(10,11)12)5(13)2-4(3)9/h1-2H. The van der Waals surface area contributed by atoms with Gasteiger partial charge in [0.2, 0.25) is 0 Å². The van der Waals surface area contributed by atoms with Crippen molar-refractivity contribution in [3.05, 3.63) is 25.2 Å². The molecule has 0 saturated carbocycles. The third-order valence-electron chi connectivity index (χ3n) is 1.20. The lowest BCUT2D eigenvalue weighted by Crippen LogP contribution is -2.17. The highest BCUT2D eigenvalue weighted by Crippen LogP contribution is 2.34. The molecular formula is C7H2BrClF3IO. The topological polar surface area (TPSA) is 9.23 Å². The van der Waals surface area contributed by atoms with Crippen LogP contribution in [0.15, 0.2) is 16.6 Å². The van der Waals surface area contributed by atoms with Crippen molar-refractivity contribution in [2.75, 3.05) is 0 Å². The molecule has 0 amide bonds. The molecule has 14 heavy (non-hydrogen) atoms. The zero-order valence-electron chi connectivity index (χ0n) is 6.33. The fourth-order valence-electron chi connectivity index (χ4n) is 0.707. The molecule has 0 aliphatic carbocycles. The minimum absolute atomic E-state index is 0.269. The van der Waals surface area contributed by atoms with Gasteiger partial charge in [0.25, 0.3) is 0 Å². The molecule has 0 heterocycles. The summed E-state index contributed by atoms with van der Waals surface area (Å²) in [5, 5.41) is 0.337. The molecule has 0 N–H and O–H groups in total. The van der Waals surface area contributed by atoms with Crippen molar-refractivity contribution in [2.45, 2.75) is 6.36 Å². The molecule has 0 fully saturated rings.